The van der Waals surface area contributed by atoms with E-state index in [1.807, 2.05) is 60.7 Å². The second kappa shape index (κ2) is 8.67. The third-order valence-electron chi connectivity index (χ3n) is 3.63. The van der Waals surface area contributed by atoms with E-state index in [1.54, 1.807) is 0 Å². The number of hydrogen-bond donors (Lipinski definition) is 1. The van der Waals surface area contributed by atoms with Gasteiger partial charge in [-0.3, -0.25) is 0 Å². The zero-order valence-corrected chi connectivity index (χ0v) is 14.0. The largest absolute Gasteiger partial charge is 0.486 e. The van der Waals surface area contributed by atoms with Gasteiger partial charge in [0.2, 0.25) is 0 Å². The van der Waals surface area contributed by atoms with Gasteiger partial charge in [0.25, 0.3) is 0 Å². The molecule has 5 heteroatoms. The number of rotatable bonds is 6. The minimum atomic E-state index is -0.647. The number of carbonyl (C=O) groups is 1. The van der Waals surface area contributed by atoms with Crippen LogP contribution in [0.15, 0.2) is 78.9 Å². The Kier molecular flexibility index (Phi) is 5.83. The maximum atomic E-state index is 14.1. The summed E-state index contributed by atoms with van der Waals surface area (Å²) in [6.45, 7) is 0.593. The summed E-state index contributed by atoms with van der Waals surface area (Å²) in [6.07, 6.45) is -0.647. The molecule has 0 fully saturated rings. The number of nitrogens with one attached hydrogen (secondary N) is 1. The molecule has 0 aromatic heterocycles. The van der Waals surface area contributed by atoms with E-state index in [0.29, 0.717) is 6.54 Å². The molecule has 3 rings (SSSR count). The molecule has 0 aliphatic heterocycles. The molecule has 0 atom stereocenters. The Morgan fingerprint density at radius 1 is 0.885 bits per heavy atom. The molecule has 0 bridgehead atoms. The van der Waals surface area contributed by atoms with Crippen molar-refractivity contribution in [3.05, 3.63) is 95.8 Å². The SMILES string of the molecule is O=C(NCc1ccccc1)Oc1ccc(OCc2ccccc2)c(F)c1. The second-order valence-corrected chi connectivity index (χ2v) is 5.60. The highest BCUT2D eigenvalue weighted by atomic mass is 19.1. The van der Waals surface area contributed by atoms with E-state index in [9.17, 15) is 9.18 Å². The first-order valence-electron chi connectivity index (χ1n) is 8.16. The summed E-state index contributed by atoms with van der Waals surface area (Å²) in [4.78, 5) is 11.8. The molecule has 0 spiro atoms. The van der Waals surface area contributed by atoms with E-state index in [1.165, 1.54) is 12.1 Å². The van der Waals surface area contributed by atoms with E-state index in [0.717, 1.165) is 17.2 Å². The Morgan fingerprint density at radius 2 is 1.54 bits per heavy atom. The Hall–Kier alpha value is -3.34. The summed E-state index contributed by atoms with van der Waals surface area (Å²) < 4.78 is 24.7. The maximum Gasteiger partial charge on any atom is 0.412 e. The van der Waals surface area contributed by atoms with Gasteiger partial charge in [-0.1, -0.05) is 60.7 Å². The van der Waals surface area contributed by atoms with Gasteiger partial charge < -0.3 is 14.8 Å². The molecule has 26 heavy (non-hydrogen) atoms. The molecular weight excluding hydrogens is 333 g/mol. The van der Waals surface area contributed by atoms with Crippen molar-refractivity contribution in [3.63, 3.8) is 0 Å². The number of benzene rings is 3. The van der Waals surface area contributed by atoms with Crippen LogP contribution in [0.5, 0.6) is 11.5 Å². The first-order chi connectivity index (χ1) is 12.7. The first kappa shape index (κ1) is 17.5. The minimum absolute atomic E-state index is 0.103. The molecule has 3 aromatic carbocycles. The molecule has 0 aliphatic carbocycles. The van der Waals surface area contributed by atoms with Gasteiger partial charge in [0.1, 0.15) is 12.4 Å². The molecule has 4 nitrogen and oxygen atoms in total. The molecule has 0 unspecified atom stereocenters. The topological polar surface area (TPSA) is 47.6 Å². The summed E-state index contributed by atoms with van der Waals surface area (Å²) in [6, 6.07) is 23.0. The lowest BCUT2D eigenvalue weighted by Gasteiger charge is -2.10. The lowest BCUT2D eigenvalue weighted by atomic mass is 10.2. The van der Waals surface area contributed by atoms with E-state index >= 15 is 0 Å². The van der Waals surface area contributed by atoms with Crippen molar-refractivity contribution in [3.8, 4) is 11.5 Å². The number of amides is 1. The van der Waals surface area contributed by atoms with Gasteiger partial charge in [-0.2, -0.15) is 0 Å². The smallest absolute Gasteiger partial charge is 0.412 e. The van der Waals surface area contributed by atoms with Crippen LogP contribution in [0.25, 0.3) is 0 Å². The molecular formula is C21H18FNO3. The summed E-state index contributed by atoms with van der Waals surface area (Å²) in [5, 5.41) is 2.61. The predicted octanol–water partition coefficient (Wildman–Crippen LogP) is 4.69. The van der Waals surface area contributed by atoms with Gasteiger partial charge in [0.15, 0.2) is 11.6 Å². The van der Waals surface area contributed by atoms with Crippen LogP contribution in [0.4, 0.5) is 9.18 Å². The van der Waals surface area contributed by atoms with Crippen molar-refractivity contribution in [1.29, 1.82) is 0 Å². The fraction of sp³-hybridized carbons (Fsp3) is 0.0952. The van der Waals surface area contributed by atoms with E-state index in [4.69, 9.17) is 9.47 Å². The number of ether oxygens (including phenoxy) is 2. The average molecular weight is 351 g/mol. The zero-order valence-electron chi connectivity index (χ0n) is 14.0. The molecule has 3 aromatic rings. The first-order valence-corrected chi connectivity index (χ1v) is 8.16. The summed E-state index contributed by atoms with van der Waals surface area (Å²) in [7, 11) is 0. The zero-order chi connectivity index (χ0) is 18.2. The highest BCUT2D eigenvalue weighted by Gasteiger charge is 2.09. The van der Waals surface area contributed by atoms with Crippen molar-refractivity contribution in [2.45, 2.75) is 13.2 Å². The van der Waals surface area contributed by atoms with Crippen LogP contribution in [-0.4, -0.2) is 6.09 Å². The Labute approximate surface area is 151 Å². The van der Waals surface area contributed by atoms with Gasteiger partial charge in [-0.15, -0.1) is 0 Å². The third-order valence-corrected chi connectivity index (χ3v) is 3.63. The lowest BCUT2D eigenvalue weighted by molar-refractivity contribution is 0.199. The Bertz CT molecular complexity index is 854. The molecule has 1 amide bonds. The van der Waals surface area contributed by atoms with Crippen molar-refractivity contribution in [1.82, 2.24) is 5.32 Å². The minimum Gasteiger partial charge on any atom is -0.486 e. The van der Waals surface area contributed by atoms with Crippen LogP contribution in [0.1, 0.15) is 11.1 Å². The monoisotopic (exact) mass is 351 g/mol. The van der Waals surface area contributed by atoms with E-state index in [2.05, 4.69) is 5.32 Å². The van der Waals surface area contributed by atoms with E-state index in [-0.39, 0.29) is 18.1 Å². The fourth-order valence-electron chi connectivity index (χ4n) is 2.31. The van der Waals surface area contributed by atoms with Crippen molar-refractivity contribution < 1.29 is 18.7 Å². The predicted molar refractivity (Wildman–Crippen MR) is 96.5 cm³/mol. The third kappa shape index (κ3) is 5.08. The van der Waals surface area contributed by atoms with Gasteiger partial charge in [-0.25, -0.2) is 9.18 Å². The highest BCUT2D eigenvalue weighted by molar-refractivity contribution is 5.70. The number of carbonyl (C=O) groups excluding carboxylic acids is 1. The summed E-state index contributed by atoms with van der Waals surface area (Å²) >= 11 is 0. The van der Waals surface area contributed by atoms with Crippen molar-refractivity contribution in [2.75, 3.05) is 0 Å². The molecule has 132 valence electrons. The van der Waals surface area contributed by atoms with Crippen LogP contribution in [0.2, 0.25) is 0 Å². The normalized spacial score (nSPS) is 10.2. The van der Waals surface area contributed by atoms with Gasteiger partial charge in [-0.05, 0) is 23.3 Å². The summed E-state index contributed by atoms with van der Waals surface area (Å²) in [5.41, 5.74) is 1.88. The quantitative estimate of drug-likeness (QED) is 0.701. The molecule has 0 radical (unpaired) electrons. The molecule has 1 N–H and O–H groups in total. The molecule has 0 heterocycles. The van der Waals surface area contributed by atoms with Gasteiger partial charge in [0, 0.05) is 12.6 Å². The maximum absolute atomic E-state index is 14.1. The van der Waals surface area contributed by atoms with Crippen molar-refractivity contribution >= 4 is 6.09 Å². The molecule has 0 saturated carbocycles. The average Bonchev–Trinajstić information content (AvgIpc) is 2.67. The number of hydrogen-bond acceptors (Lipinski definition) is 3. The van der Waals surface area contributed by atoms with Crippen LogP contribution < -0.4 is 14.8 Å². The molecule has 0 aliphatic rings. The Morgan fingerprint density at radius 3 is 2.19 bits per heavy atom. The van der Waals surface area contributed by atoms with Crippen LogP contribution in [-0.2, 0) is 13.2 Å². The number of halogens is 1. The molecule has 0 saturated heterocycles. The van der Waals surface area contributed by atoms with Crippen molar-refractivity contribution in [2.24, 2.45) is 0 Å². The standard InChI is InChI=1S/C21H18FNO3/c22-19-13-18(26-21(24)23-14-16-7-3-1-4-8-16)11-12-20(19)25-15-17-9-5-2-6-10-17/h1-13H,14-15H2,(H,23,24). The van der Waals surface area contributed by atoms with Crippen LogP contribution in [0.3, 0.4) is 0 Å². The summed E-state index contributed by atoms with van der Waals surface area (Å²) in [5.74, 6) is -0.375. The van der Waals surface area contributed by atoms with Gasteiger partial charge >= 0.3 is 6.09 Å². The van der Waals surface area contributed by atoms with E-state index < -0.39 is 11.9 Å². The van der Waals surface area contributed by atoms with Gasteiger partial charge in [0.05, 0.1) is 0 Å². The lowest BCUT2D eigenvalue weighted by Crippen LogP contribution is -2.26. The van der Waals surface area contributed by atoms with Crippen LogP contribution in [0, 0.1) is 5.82 Å². The Balaban J connectivity index is 1.52. The second-order valence-electron chi connectivity index (χ2n) is 5.60. The highest BCUT2D eigenvalue weighted by Crippen LogP contribution is 2.23. The van der Waals surface area contributed by atoms with Crippen LogP contribution >= 0.6 is 0 Å². The fourth-order valence-corrected chi connectivity index (χ4v) is 2.31.